The SMILES string of the molecule is CCCCCCCCCCCCCCCCCCC(=O)OC(=O)CCCCCCCCCCCCCCCCCC. The highest BCUT2D eigenvalue weighted by Gasteiger charge is 2.10. The maximum Gasteiger partial charge on any atom is 0.313 e. The molecule has 0 N–H and O–H groups in total. The van der Waals surface area contributed by atoms with Crippen LogP contribution in [-0.4, -0.2) is 11.9 Å². The third-order valence-corrected chi connectivity index (χ3v) is 8.70. The van der Waals surface area contributed by atoms with E-state index in [-0.39, 0.29) is 11.9 Å². The molecular weight excluding hydrogens is 504 g/mol. The number of hydrogen-bond acceptors (Lipinski definition) is 3. The molecule has 0 aromatic heterocycles. The number of ether oxygens (including phenoxy) is 1. The zero-order valence-corrected chi connectivity index (χ0v) is 28.3. The van der Waals surface area contributed by atoms with Gasteiger partial charge in [0.25, 0.3) is 0 Å². The van der Waals surface area contributed by atoms with E-state index in [1.54, 1.807) is 0 Å². The zero-order valence-electron chi connectivity index (χ0n) is 28.3. The Labute approximate surface area is 258 Å². The summed E-state index contributed by atoms with van der Waals surface area (Å²) in [5, 5.41) is 0. The summed E-state index contributed by atoms with van der Waals surface area (Å²) in [4.78, 5) is 23.9. The van der Waals surface area contributed by atoms with E-state index in [0.29, 0.717) is 12.8 Å². The lowest BCUT2D eigenvalue weighted by Crippen LogP contribution is -2.11. The van der Waals surface area contributed by atoms with Crippen molar-refractivity contribution < 1.29 is 14.3 Å². The molecule has 0 bridgehead atoms. The zero-order chi connectivity index (χ0) is 29.9. The van der Waals surface area contributed by atoms with Crippen LogP contribution < -0.4 is 0 Å². The first kappa shape index (κ1) is 40.1. The summed E-state index contributed by atoms with van der Waals surface area (Å²) in [5.41, 5.74) is 0. The number of hydrogen-bond donors (Lipinski definition) is 0. The molecule has 3 heteroatoms. The molecule has 3 nitrogen and oxygen atoms in total. The average Bonchev–Trinajstić information content (AvgIpc) is 2.96. The molecule has 0 radical (unpaired) electrons. The van der Waals surface area contributed by atoms with Gasteiger partial charge in [-0.1, -0.05) is 206 Å². The summed E-state index contributed by atoms with van der Waals surface area (Å²) < 4.78 is 5.02. The Bertz CT molecular complexity index is 484. The van der Waals surface area contributed by atoms with E-state index >= 15 is 0 Å². The number of rotatable bonds is 34. The number of carbonyl (C=O) groups is 2. The molecule has 244 valence electrons. The van der Waals surface area contributed by atoms with Crippen LogP contribution in [0.25, 0.3) is 0 Å². The van der Waals surface area contributed by atoms with E-state index < -0.39 is 0 Å². The van der Waals surface area contributed by atoms with E-state index in [0.717, 1.165) is 25.7 Å². The smallest absolute Gasteiger partial charge is 0.313 e. The molecule has 0 atom stereocenters. The van der Waals surface area contributed by atoms with E-state index in [1.807, 2.05) is 0 Å². The van der Waals surface area contributed by atoms with Gasteiger partial charge in [0, 0.05) is 12.8 Å². The molecular formula is C38H74O3. The van der Waals surface area contributed by atoms with Crippen LogP contribution in [-0.2, 0) is 14.3 Å². The Balaban J connectivity index is 3.27. The van der Waals surface area contributed by atoms with Crippen molar-refractivity contribution in [2.45, 2.75) is 232 Å². The Hall–Kier alpha value is -0.860. The second-order valence-electron chi connectivity index (χ2n) is 13.0. The first-order chi connectivity index (χ1) is 20.2. The van der Waals surface area contributed by atoms with Crippen LogP contribution >= 0.6 is 0 Å². The fraction of sp³-hybridized carbons (Fsp3) is 0.947. The maximum absolute atomic E-state index is 11.9. The standard InChI is InChI=1S/C38H74O3/c1-3-5-7-9-11-13-15-17-19-21-23-25-27-29-31-33-35-37(39)41-38(40)36-34-32-30-28-26-24-22-20-18-16-14-12-10-8-6-4-2/h3-36H2,1-2H3. The number of carbonyl (C=O) groups excluding carboxylic acids is 2. The minimum absolute atomic E-state index is 0.322. The van der Waals surface area contributed by atoms with Crippen molar-refractivity contribution in [3.8, 4) is 0 Å². The van der Waals surface area contributed by atoms with E-state index in [1.165, 1.54) is 180 Å². The van der Waals surface area contributed by atoms with Crippen LogP contribution in [0.2, 0.25) is 0 Å². The third kappa shape index (κ3) is 35.2. The summed E-state index contributed by atoms with van der Waals surface area (Å²) in [6, 6.07) is 0. The van der Waals surface area contributed by atoms with Gasteiger partial charge >= 0.3 is 11.9 Å². The monoisotopic (exact) mass is 579 g/mol. The molecule has 0 unspecified atom stereocenters. The summed E-state index contributed by atoms with van der Waals surface area (Å²) in [6.07, 6.45) is 43.0. The number of unbranched alkanes of at least 4 members (excludes halogenated alkanes) is 30. The molecule has 0 aromatic rings. The van der Waals surface area contributed by atoms with Crippen molar-refractivity contribution in [3.05, 3.63) is 0 Å². The van der Waals surface area contributed by atoms with Gasteiger partial charge in [0.1, 0.15) is 0 Å². The van der Waals surface area contributed by atoms with Gasteiger partial charge in [-0.05, 0) is 12.8 Å². The maximum atomic E-state index is 11.9. The Kier molecular flexibility index (Phi) is 34.6. The van der Waals surface area contributed by atoms with Crippen molar-refractivity contribution in [1.82, 2.24) is 0 Å². The molecule has 0 rings (SSSR count). The normalized spacial score (nSPS) is 11.3. The minimum atomic E-state index is -0.322. The topological polar surface area (TPSA) is 43.4 Å². The predicted octanol–water partition coefficient (Wildman–Crippen LogP) is 13.4. The van der Waals surface area contributed by atoms with E-state index in [4.69, 9.17) is 4.74 Å². The van der Waals surface area contributed by atoms with E-state index in [9.17, 15) is 9.59 Å². The minimum Gasteiger partial charge on any atom is -0.393 e. The van der Waals surface area contributed by atoms with Gasteiger partial charge < -0.3 is 4.74 Å². The average molecular weight is 579 g/mol. The van der Waals surface area contributed by atoms with Crippen molar-refractivity contribution in [1.29, 1.82) is 0 Å². The second kappa shape index (κ2) is 35.3. The third-order valence-electron chi connectivity index (χ3n) is 8.70. The van der Waals surface area contributed by atoms with Crippen LogP contribution in [0, 0.1) is 0 Å². The van der Waals surface area contributed by atoms with E-state index in [2.05, 4.69) is 13.8 Å². The molecule has 0 aliphatic heterocycles. The Morgan fingerprint density at radius 1 is 0.293 bits per heavy atom. The molecule has 0 heterocycles. The predicted molar refractivity (Wildman–Crippen MR) is 179 cm³/mol. The highest BCUT2D eigenvalue weighted by molar-refractivity contribution is 5.85. The van der Waals surface area contributed by atoms with Crippen LogP contribution in [0.4, 0.5) is 0 Å². The Morgan fingerprint density at radius 2 is 0.463 bits per heavy atom. The summed E-state index contributed by atoms with van der Waals surface area (Å²) in [7, 11) is 0. The largest absolute Gasteiger partial charge is 0.393 e. The Morgan fingerprint density at radius 3 is 0.659 bits per heavy atom. The number of esters is 2. The quantitative estimate of drug-likeness (QED) is 0.0433. The van der Waals surface area contributed by atoms with Crippen molar-refractivity contribution in [2.75, 3.05) is 0 Å². The lowest BCUT2D eigenvalue weighted by molar-refractivity contribution is -0.159. The van der Waals surface area contributed by atoms with Crippen LogP contribution in [0.1, 0.15) is 232 Å². The lowest BCUT2D eigenvalue weighted by Gasteiger charge is -2.05. The first-order valence-corrected chi connectivity index (χ1v) is 18.9. The van der Waals surface area contributed by atoms with Crippen LogP contribution in [0.3, 0.4) is 0 Å². The molecule has 0 aliphatic rings. The lowest BCUT2D eigenvalue weighted by atomic mass is 10.0. The van der Waals surface area contributed by atoms with Gasteiger partial charge in [-0.15, -0.1) is 0 Å². The first-order valence-electron chi connectivity index (χ1n) is 18.9. The molecule has 0 aromatic carbocycles. The van der Waals surface area contributed by atoms with Crippen LogP contribution in [0.5, 0.6) is 0 Å². The molecule has 0 fully saturated rings. The van der Waals surface area contributed by atoms with Gasteiger partial charge in [-0.3, -0.25) is 9.59 Å². The highest BCUT2D eigenvalue weighted by atomic mass is 16.6. The van der Waals surface area contributed by atoms with Crippen molar-refractivity contribution in [2.24, 2.45) is 0 Å². The van der Waals surface area contributed by atoms with Crippen molar-refractivity contribution >= 4 is 11.9 Å². The summed E-state index contributed by atoms with van der Waals surface area (Å²) in [5.74, 6) is -0.645. The van der Waals surface area contributed by atoms with Gasteiger partial charge in [0.15, 0.2) is 0 Å². The fourth-order valence-electron chi connectivity index (χ4n) is 5.86. The molecule has 0 saturated heterocycles. The molecule has 0 spiro atoms. The van der Waals surface area contributed by atoms with Gasteiger partial charge in [-0.25, -0.2) is 0 Å². The van der Waals surface area contributed by atoms with Crippen molar-refractivity contribution in [3.63, 3.8) is 0 Å². The summed E-state index contributed by atoms with van der Waals surface area (Å²) >= 11 is 0. The molecule has 0 saturated carbocycles. The summed E-state index contributed by atoms with van der Waals surface area (Å²) in [6.45, 7) is 4.56. The highest BCUT2D eigenvalue weighted by Crippen LogP contribution is 2.16. The second-order valence-corrected chi connectivity index (χ2v) is 13.0. The fourth-order valence-corrected chi connectivity index (χ4v) is 5.86. The van der Waals surface area contributed by atoms with Gasteiger partial charge in [0.05, 0.1) is 0 Å². The van der Waals surface area contributed by atoms with Gasteiger partial charge in [0.2, 0.25) is 0 Å². The molecule has 41 heavy (non-hydrogen) atoms. The van der Waals surface area contributed by atoms with Crippen LogP contribution in [0.15, 0.2) is 0 Å². The molecule has 0 amide bonds. The molecule has 0 aliphatic carbocycles. The van der Waals surface area contributed by atoms with Gasteiger partial charge in [-0.2, -0.15) is 0 Å².